The molecule has 5 rings (SSSR count). The number of piperazine rings is 1. The Bertz CT molecular complexity index is 1430. The first-order valence-corrected chi connectivity index (χ1v) is 14.7. The van der Waals surface area contributed by atoms with E-state index in [2.05, 4.69) is 41.4 Å². The maximum absolute atomic E-state index is 15.3. The highest BCUT2D eigenvalue weighted by molar-refractivity contribution is 5.95. The Morgan fingerprint density at radius 3 is 2.64 bits per heavy atom. The Hall–Kier alpha value is -3.92. The minimum atomic E-state index is -0.521. The van der Waals surface area contributed by atoms with Gasteiger partial charge in [-0.3, -0.25) is 14.4 Å². The standard InChI is InChI=1S/C32H42FN7O2/c1-22-7-6-8-28-27(17-22)36-29-25(20-35-37(29)5)21-40(28)30(41)23-9-10-24(26(33)18-23)19-34-31(42)39-15-13-38(14-16-39)12-11-32(2,3)4/h6-10,17-18,20,28,36H,11-16,19,21H2,1-5H3,(H,34,42). The lowest BCUT2D eigenvalue weighted by Gasteiger charge is -2.35. The number of nitrogens with zero attached hydrogens (tertiary/aromatic N) is 5. The topological polar surface area (TPSA) is 85.7 Å². The van der Waals surface area contributed by atoms with E-state index < -0.39 is 5.82 Å². The van der Waals surface area contributed by atoms with Crippen molar-refractivity contribution in [1.82, 2.24) is 29.8 Å². The summed E-state index contributed by atoms with van der Waals surface area (Å²) in [6.07, 6.45) is 10.8. The Labute approximate surface area is 247 Å². The molecule has 3 amide bonds. The zero-order chi connectivity index (χ0) is 30.0. The summed E-state index contributed by atoms with van der Waals surface area (Å²) in [5, 5.41) is 10.7. The van der Waals surface area contributed by atoms with E-state index in [0.717, 1.165) is 48.7 Å². The van der Waals surface area contributed by atoms with Crippen molar-refractivity contribution in [2.75, 3.05) is 38.0 Å². The van der Waals surface area contributed by atoms with Crippen molar-refractivity contribution in [2.45, 2.75) is 53.2 Å². The molecule has 1 fully saturated rings. The van der Waals surface area contributed by atoms with Crippen LogP contribution < -0.4 is 10.6 Å². The van der Waals surface area contributed by atoms with Crippen LogP contribution in [-0.2, 0) is 20.1 Å². The van der Waals surface area contributed by atoms with Gasteiger partial charge in [-0.25, -0.2) is 9.18 Å². The molecule has 42 heavy (non-hydrogen) atoms. The minimum absolute atomic E-state index is 0.0548. The number of halogens is 1. The van der Waals surface area contributed by atoms with E-state index in [-0.39, 0.29) is 35.5 Å². The van der Waals surface area contributed by atoms with Crippen molar-refractivity contribution in [2.24, 2.45) is 12.5 Å². The Morgan fingerprint density at radius 1 is 1.17 bits per heavy atom. The smallest absolute Gasteiger partial charge is 0.317 e. The number of nitrogens with one attached hydrogen (secondary N) is 2. The molecule has 0 bridgehead atoms. The molecule has 1 atom stereocenters. The van der Waals surface area contributed by atoms with E-state index >= 15 is 4.39 Å². The van der Waals surface area contributed by atoms with E-state index in [1.54, 1.807) is 32.8 Å². The predicted molar refractivity (Wildman–Crippen MR) is 162 cm³/mol. The van der Waals surface area contributed by atoms with Gasteiger partial charge in [0.05, 0.1) is 18.8 Å². The normalized spacial score (nSPS) is 19.1. The summed E-state index contributed by atoms with van der Waals surface area (Å²) in [5.41, 5.74) is 3.66. The molecule has 9 nitrogen and oxygen atoms in total. The van der Waals surface area contributed by atoms with Crippen molar-refractivity contribution in [1.29, 1.82) is 0 Å². The zero-order valence-electron chi connectivity index (χ0n) is 25.3. The third-order valence-electron chi connectivity index (χ3n) is 8.14. The lowest BCUT2D eigenvalue weighted by molar-refractivity contribution is 0.0722. The summed E-state index contributed by atoms with van der Waals surface area (Å²) in [6, 6.07) is 3.95. The number of fused-ring (bicyclic) bond motifs is 2. The molecule has 10 heteroatoms. The first kappa shape index (κ1) is 29.6. The molecule has 0 radical (unpaired) electrons. The fourth-order valence-electron chi connectivity index (χ4n) is 5.49. The highest BCUT2D eigenvalue weighted by atomic mass is 19.1. The van der Waals surface area contributed by atoms with Gasteiger partial charge in [0, 0.05) is 62.2 Å². The van der Waals surface area contributed by atoms with E-state index in [4.69, 9.17) is 0 Å². The van der Waals surface area contributed by atoms with Crippen molar-refractivity contribution in [3.8, 4) is 0 Å². The monoisotopic (exact) mass is 575 g/mol. The summed E-state index contributed by atoms with van der Waals surface area (Å²) >= 11 is 0. The highest BCUT2D eigenvalue weighted by Gasteiger charge is 2.32. The average Bonchev–Trinajstić information content (AvgIpc) is 3.09. The first-order chi connectivity index (χ1) is 20.0. The van der Waals surface area contributed by atoms with Gasteiger partial charge in [-0.1, -0.05) is 45.1 Å². The van der Waals surface area contributed by atoms with Crippen LogP contribution in [0.15, 0.2) is 60.0 Å². The first-order valence-electron chi connectivity index (χ1n) is 14.7. The van der Waals surface area contributed by atoms with Crippen LogP contribution in [0.2, 0.25) is 0 Å². The molecule has 1 saturated heterocycles. The van der Waals surface area contributed by atoms with Gasteiger partial charge < -0.3 is 20.4 Å². The molecule has 224 valence electrons. The highest BCUT2D eigenvalue weighted by Crippen LogP contribution is 2.31. The number of aryl methyl sites for hydroxylation is 1. The minimum Gasteiger partial charge on any atom is -0.342 e. The second-order valence-corrected chi connectivity index (χ2v) is 12.6. The quantitative estimate of drug-likeness (QED) is 0.542. The average molecular weight is 576 g/mol. The molecule has 2 N–H and O–H groups in total. The number of carbonyl (C=O) groups excluding carboxylic acids is 2. The molecular formula is C32H42FN7O2. The Kier molecular flexibility index (Phi) is 8.54. The number of urea groups is 1. The summed E-state index contributed by atoms with van der Waals surface area (Å²) < 4.78 is 17.0. The van der Waals surface area contributed by atoms with E-state index in [1.165, 1.54) is 6.07 Å². The van der Waals surface area contributed by atoms with Gasteiger partial charge in [0.25, 0.3) is 5.91 Å². The molecule has 3 heterocycles. The summed E-state index contributed by atoms with van der Waals surface area (Å²) in [6.45, 7) is 13.1. The van der Waals surface area contributed by atoms with Gasteiger partial charge in [0.15, 0.2) is 0 Å². The van der Waals surface area contributed by atoms with Gasteiger partial charge in [-0.15, -0.1) is 0 Å². The fraction of sp³-hybridized carbons (Fsp3) is 0.469. The number of carbonyl (C=O) groups is 2. The summed E-state index contributed by atoms with van der Waals surface area (Å²) in [7, 11) is 1.86. The summed E-state index contributed by atoms with van der Waals surface area (Å²) in [4.78, 5) is 32.5. The maximum atomic E-state index is 15.3. The van der Waals surface area contributed by atoms with Crippen LogP contribution >= 0.6 is 0 Å². The van der Waals surface area contributed by atoms with E-state index in [9.17, 15) is 9.59 Å². The fourth-order valence-corrected chi connectivity index (χ4v) is 5.49. The van der Waals surface area contributed by atoms with Crippen LogP contribution in [0.5, 0.6) is 0 Å². The number of aromatic nitrogens is 2. The van der Waals surface area contributed by atoms with Crippen LogP contribution in [-0.4, -0.2) is 75.2 Å². The third-order valence-corrected chi connectivity index (χ3v) is 8.14. The number of anilines is 1. The zero-order valence-corrected chi connectivity index (χ0v) is 25.3. The van der Waals surface area contributed by atoms with Crippen molar-refractivity contribution < 1.29 is 14.0 Å². The number of allylic oxidation sites excluding steroid dienone is 4. The van der Waals surface area contributed by atoms with Gasteiger partial charge in [-0.05, 0) is 49.1 Å². The molecule has 1 aliphatic carbocycles. The van der Waals surface area contributed by atoms with Crippen molar-refractivity contribution in [3.05, 3.63) is 82.5 Å². The molecule has 0 spiro atoms. The van der Waals surface area contributed by atoms with Gasteiger partial charge in [0.1, 0.15) is 11.6 Å². The molecular weight excluding hydrogens is 533 g/mol. The predicted octanol–water partition coefficient (Wildman–Crippen LogP) is 4.66. The van der Waals surface area contributed by atoms with Crippen LogP contribution in [0.25, 0.3) is 0 Å². The van der Waals surface area contributed by atoms with Gasteiger partial charge >= 0.3 is 6.03 Å². The number of benzene rings is 1. The van der Waals surface area contributed by atoms with Crippen LogP contribution in [0.1, 0.15) is 55.6 Å². The molecule has 1 aromatic carbocycles. The van der Waals surface area contributed by atoms with Crippen LogP contribution in [0.3, 0.4) is 0 Å². The second-order valence-electron chi connectivity index (χ2n) is 12.6. The molecule has 2 aromatic rings. The Balaban J connectivity index is 1.23. The van der Waals surface area contributed by atoms with E-state index in [0.29, 0.717) is 25.2 Å². The maximum Gasteiger partial charge on any atom is 0.317 e. The van der Waals surface area contributed by atoms with Crippen molar-refractivity contribution >= 4 is 17.8 Å². The summed E-state index contributed by atoms with van der Waals surface area (Å²) in [5.74, 6) is 0.0218. The van der Waals surface area contributed by atoms with Gasteiger partial charge in [-0.2, -0.15) is 5.10 Å². The molecule has 1 unspecified atom stereocenters. The molecule has 1 aromatic heterocycles. The van der Waals surface area contributed by atoms with Crippen molar-refractivity contribution in [3.63, 3.8) is 0 Å². The second kappa shape index (κ2) is 12.1. The van der Waals surface area contributed by atoms with Gasteiger partial charge in [0.2, 0.25) is 0 Å². The third kappa shape index (κ3) is 6.75. The largest absolute Gasteiger partial charge is 0.342 e. The molecule has 3 aliphatic rings. The van der Waals surface area contributed by atoms with Crippen LogP contribution in [0, 0.1) is 11.2 Å². The van der Waals surface area contributed by atoms with Crippen LogP contribution in [0.4, 0.5) is 15.0 Å². The lowest BCUT2D eigenvalue weighted by atomic mass is 9.92. The molecule has 0 saturated carbocycles. The van der Waals surface area contributed by atoms with E-state index in [1.807, 2.05) is 38.3 Å². The lowest BCUT2D eigenvalue weighted by Crippen LogP contribution is -2.52. The Morgan fingerprint density at radius 2 is 1.93 bits per heavy atom. The number of amides is 3. The number of rotatable bonds is 5. The SMILES string of the molecule is CC1=CC=CC2C(=C1)Nc1c(cnn1C)CN2C(=O)c1ccc(CNC(=O)N2CCN(CCC(C)(C)C)CC2)c(F)c1. The molecule has 2 aliphatic heterocycles. The number of hydrogen-bond donors (Lipinski definition) is 2. The number of hydrogen-bond acceptors (Lipinski definition) is 5.